The van der Waals surface area contributed by atoms with Crippen molar-refractivity contribution in [3.8, 4) is 0 Å². The topological polar surface area (TPSA) is 89.7 Å². The van der Waals surface area contributed by atoms with Crippen molar-refractivity contribution in [1.29, 1.82) is 0 Å². The van der Waals surface area contributed by atoms with Crippen LogP contribution in [0.25, 0.3) is 0 Å². The molecule has 0 saturated carbocycles. The van der Waals surface area contributed by atoms with E-state index in [-0.39, 0.29) is 11.9 Å². The number of nitrogens with zero attached hydrogens (tertiary/aromatic N) is 3. The minimum Gasteiger partial charge on any atom is -0.347 e. The van der Waals surface area contributed by atoms with Crippen LogP contribution in [0.1, 0.15) is 52.9 Å². The van der Waals surface area contributed by atoms with Crippen LogP contribution in [0.5, 0.6) is 0 Å². The lowest BCUT2D eigenvalue weighted by Gasteiger charge is -2.34. The molecule has 116 valence electrons. The van der Waals surface area contributed by atoms with Gasteiger partial charge in [0.25, 0.3) is 5.91 Å². The number of imidazole rings is 1. The Balaban J connectivity index is 1.64. The highest BCUT2D eigenvalue weighted by Gasteiger charge is 2.33. The van der Waals surface area contributed by atoms with Crippen molar-refractivity contribution in [2.75, 3.05) is 13.1 Å². The number of likely N-dealkylation sites (tertiary alicyclic amines) is 1. The molecule has 22 heavy (non-hydrogen) atoms. The zero-order chi connectivity index (χ0) is 14.9. The van der Waals surface area contributed by atoms with Crippen molar-refractivity contribution in [2.24, 2.45) is 0 Å². The fraction of sp³-hybridized carbons (Fsp3) is 0.533. The van der Waals surface area contributed by atoms with Crippen LogP contribution in [-0.4, -0.2) is 44.1 Å². The zero-order valence-corrected chi connectivity index (χ0v) is 12.4. The fourth-order valence-electron chi connectivity index (χ4n) is 3.46. The normalized spacial score (nSPS) is 21.6. The highest BCUT2D eigenvalue weighted by molar-refractivity contribution is 5.94. The molecule has 7 heteroatoms. The van der Waals surface area contributed by atoms with Crippen molar-refractivity contribution in [1.82, 2.24) is 30.4 Å². The number of nitrogens with one attached hydrogen (secondary N) is 3. The first-order chi connectivity index (χ1) is 10.8. The van der Waals surface area contributed by atoms with E-state index in [0.29, 0.717) is 12.2 Å². The summed E-state index contributed by atoms with van der Waals surface area (Å²) in [5.41, 5.74) is 2.69. The van der Waals surface area contributed by atoms with Gasteiger partial charge in [0.1, 0.15) is 5.82 Å². The van der Waals surface area contributed by atoms with Gasteiger partial charge in [-0.05, 0) is 19.3 Å². The first-order valence-corrected chi connectivity index (χ1v) is 7.91. The van der Waals surface area contributed by atoms with Gasteiger partial charge in [-0.25, -0.2) is 4.98 Å². The third-order valence-electron chi connectivity index (χ3n) is 4.61. The van der Waals surface area contributed by atoms with Crippen LogP contribution >= 0.6 is 0 Å². The molecule has 4 rings (SSSR count). The number of hydrogen-bond acceptors (Lipinski definition) is 4. The van der Waals surface area contributed by atoms with Crippen molar-refractivity contribution in [3.63, 3.8) is 0 Å². The molecule has 2 aromatic heterocycles. The average Bonchev–Trinajstić information content (AvgIpc) is 3.24. The van der Waals surface area contributed by atoms with Crippen LogP contribution in [0.15, 0.2) is 12.4 Å². The Labute approximate surface area is 128 Å². The van der Waals surface area contributed by atoms with Crippen LogP contribution in [0, 0.1) is 0 Å². The average molecular weight is 300 g/mol. The Morgan fingerprint density at radius 1 is 1.36 bits per heavy atom. The van der Waals surface area contributed by atoms with Crippen molar-refractivity contribution in [2.45, 2.75) is 38.3 Å². The summed E-state index contributed by atoms with van der Waals surface area (Å²) in [4.78, 5) is 22.4. The molecule has 7 nitrogen and oxygen atoms in total. The van der Waals surface area contributed by atoms with Crippen molar-refractivity contribution in [3.05, 3.63) is 35.2 Å². The number of hydrogen-bond donors (Lipinski definition) is 3. The molecule has 1 unspecified atom stereocenters. The van der Waals surface area contributed by atoms with E-state index in [2.05, 4.69) is 25.5 Å². The summed E-state index contributed by atoms with van der Waals surface area (Å²) < 4.78 is 0. The monoisotopic (exact) mass is 300 g/mol. The van der Waals surface area contributed by atoms with Crippen molar-refractivity contribution < 1.29 is 4.79 Å². The summed E-state index contributed by atoms with van der Waals surface area (Å²) >= 11 is 0. The molecule has 2 aliphatic heterocycles. The van der Waals surface area contributed by atoms with E-state index in [1.54, 1.807) is 6.20 Å². The molecule has 0 bridgehead atoms. The predicted octanol–water partition coefficient (Wildman–Crippen LogP) is 1.15. The maximum atomic E-state index is 13.0. The maximum Gasteiger partial charge on any atom is 0.275 e. The van der Waals surface area contributed by atoms with E-state index in [9.17, 15) is 4.79 Å². The Kier molecular flexibility index (Phi) is 3.42. The lowest BCUT2D eigenvalue weighted by molar-refractivity contribution is 0.0593. The summed E-state index contributed by atoms with van der Waals surface area (Å²) in [5, 5.41) is 10.7. The highest BCUT2D eigenvalue weighted by atomic mass is 16.2. The Bertz CT molecular complexity index is 662. The molecule has 2 aromatic rings. The smallest absolute Gasteiger partial charge is 0.275 e. The summed E-state index contributed by atoms with van der Waals surface area (Å²) in [6.07, 6.45) is 7.56. The van der Waals surface area contributed by atoms with Gasteiger partial charge in [-0.2, -0.15) is 5.10 Å². The van der Waals surface area contributed by atoms with Crippen LogP contribution in [0.4, 0.5) is 0 Å². The molecule has 4 heterocycles. The first kappa shape index (κ1) is 13.5. The maximum absolute atomic E-state index is 13.0. The summed E-state index contributed by atoms with van der Waals surface area (Å²) in [6.45, 7) is 2.41. The van der Waals surface area contributed by atoms with Gasteiger partial charge in [-0.15, -0.1) is 0 Å². The molecule has 0 spiro atoms. The minimum absolute atomic E-state index is 0.0160. The second kappa shape index (κ2) is 5.57. The number of amides is 1. The SMILES string of the molecule is O=C(c1n[nH]c2c1CNCC2)N1CCCCC1c1ncc[nH]1. The zero-order valence-electron chi connectivity index (χ0n) is 12.4. The number of carbonyl (C=O) groups is 1. The van der Waals surface area contributed by atoms with Crippen LogP contribution in [0.3, 0.4) is 0 Å². The van der Waals surface area contributed by atoms with Crippen LogP contribution in [0.2, 0.25) is 0 Å². The molecule has 0 radical (unpaired) electrons. The molecule has 1 fully saturated rings. The van der Waals surface area contributed by atoms with E-state index < -0.39 is 0 Å². The Morgan fingerprint density at radius 3 is 3.18 bits per heavy atom. The van der Waals surface area contributed by atoms with Crippen molar-refractivity contribution >= 4 is 5.91 Å². The van der Waals surface area contributed by atoms with Crippen LogP contribution in [-0.2, 0) is 13.0 Å². The molecule has 1 atom stereocenters. The first-order valence-electron chi connectivity index (χ1n) is 7.91. The van der Waals surface area contributed by atoms with Gasteiger partial charge in [0.2, 0.25) is 0 Å². The molecule has 1 amide bonds. The van der Waals surface area contributed by atoms with Gasteiger partial charge in [0, 0.05) is 49.7 Å². The molecule has 2 aliphatic rings. The van der Waals surface area contributed by atoms with Gasteiger partial charge in [-0.1, -0.05) is 0 Å². The van der Waals surface area contributed by atoms with E-state index in [0.717, 1.165) is 55.9 Å². The second-order valence-electron chi connectivity index (χ2n) is 5.94. The predicted molar refractivity (Wildman–Crippen MR) is 80.2 cm³/mol. The van der Waals surface area contributed by atoms with Crippen LogP contribution < -0.4 is 5.32 Å². The number of carbonyl (C=O) groups excluding carboxylic acids is 1. The summed E-state index contributed by atoms with van der Waals surface area (Å²) in [5.74, 6) is 0.887. The largest absolute Gasteiger partial charge is 0.347 e. The molecular formula is C15H20N6O. The van der Waals surface area contributed by atoms with Gasteiger partial charge in [0.15, 0.2) is 5.69 Å². The fourth-order valence-corrected chi connectivity index (χ4v) is 3.46. The van der Waals surface area contributed by atoms with Gasteiger partial charge >= 0.3 is 0 Å². The molecule has 0 aromatic carbocycles. The Morgan fingerprint density at radius 2 is 2.32 bits per heavy atom. The van der Waals surface area contributed by atoms with E-state index in [1.807, 2.05) is 11.1 Å². The molecular weight excluding hydrogens is 280 g/mol. The summed E-state index contributed by atoms with van der Waals surface area (Å²) in [7, 11) is 0. The number of H-pyrrole nitrogens is 2. The van der Waals surface area contributed by atoms with E-state index >= 15 is 0 Å². The lowest BCUT2D eigenvalue weighted by atomic mass is 9.99. The second-order valence-corrected chi connectivity index (χ2v) is 5.94. The minimum atomic E-state index is 0.0160. The molecule has 3 N–H and O–H groups in total. The number of aromatic nitrogens is 4. The Hall–Kier alpha value is -2.15. The van der Waals surface area contributed by atoms with Gasteiger partial charge in [0.05, 0.1) is 6.04 Å². The number of fused-ring (bicyclic) bond motifs is 1. The van der Waals surface area contributed by atoms with E-state index in [4.69, 9.17) is 0 Å². The quantitative estimate of drug-likeness (QED) is 0.776. The van der Waals surface area contributed by atoms with Gasteiger partial charge in [-0.3, -0.25) is 9.89 Å². The number of piperidine rings is 1. The third kappa shape index (κ3) is 2.21. The number of rotatable bonds is 2. The number of aromatic amines is 2. The lowest BCUT2D eigenvalue weighted by Crippen LogP contribution is -2.40. The summed E-state index contributed by atoms with van der Waals surface area (Å²) in [6, 6.07) is 0.0279. The third-order valence-corrected chi connectivity index (χ3v) is 4.61. The standard InChI is InChI=1S/C15H20N6O/c22-15(13-10-9-16-5-4-11(10)19-20-13)21-8-2-1-3-12(21)14-17-6-7-18-14/h6-7,12,16H,1-5,8-9H2,(H,17,18)(H,19,20). The van der Waals surface area contributed by atoms with Gasteiger partial charge < -0.3 is 15.2 Å². The highest BCUT2D eigenvalue weighted by Crippen LogP contribution is 2.30. The van der Waals surface area contributed by atoms with E-state index in [1.165, 1.54) is 0 Å². The molecule has 1 saturated heterocycles. The molecule has 0 aliphatic carbocycles.